The van der Waals surface area contributed by atoms with Gasteiger partial charge in [0.25, 0.3) is 0 Å². The number of benzene rings is 1. The third-order valence-corrected chi connectivity index (χ3v) is 5.59. The molecule has 0 spiro atoms. The normalized spacial score (nSPS) is 16.2. The molecule has 0 amide bonds. The largest absolute Gasteiger partial charge is 0.491 e. The minimum absolute atomic E-state index is 0.0470. The van der Waals surface area contributed by atoms with Gasteiger partial charge in [-0.1, -0.05) is 25.0 Å². The quantitative estimate of drug-likeness (QED) is 0.750. The zero-order valence-electron chi connectivity index (χ0n) is 13.7. The maximum absolute atomic E-state index is 11.2. The summed E-state index contributed by atoms with van der Waals surface area (Å²) in [6, 6.07) is 6.74. The first-order valence-electron chi connectivity index (χ1n) is 8.23. The number of carbonyl (C=O) groups is 1. The summed E-state index contributed by atoms with van der Waals surface area (Å²) in [4.78, 5) is 15.9. The van der Waals surface area contributed by atoms with Crippen molar-refractivity contribution in [2.24, 2.45) is 0 Å². The topological polar surface area (TPSA) is 71.5 Å². The summed E-state index contributed by atoms with van der Waals surface area (Å²) in [7, 11) is 0. The molecule has 0 aliphatic heterocycles. The van der Waals surface area contributed by atoms with Crippen LogP contribution in [0.4, 0.5) is 0 Å². The monoisotopic (exact) mass is 346 g/mol. The smallest absolute Gasteiger partial charge is 0.339 e. The van der Waals surface area contributed by atoms with Crippen LogP contribution in [0.25, 0.3) is 0 Å². The molecule has 6 heteroatoms. The highest BCUT2D eigenvalue weighted by atomic mass is 32.1. The number of aromatic carboxylic acids is 1. The number of rotatable bonds is 7. The van der Waals surface area contributed by atoms with Crippen LogP contribution < -0.4 is 10.1 Å². The summed E-state index contributed by atoms with van der Waals surface area (Å²) in [6.45, 7) is 3.11. The Hall–Kier alpha value is -1.92. The van der Waals surface area contributed by atoms with E-state index in [0.717, 1.165) is 23.5 Å². The number of hydrogen-bond acceptors (Lipinski definition) is 5. The number of aryl methyl sites for hydroxylation is 1. The predicted molar refractivity (Wildman–Crippen MR) is 93.9 cm³/mol. The molecule has 2 N–H and O–H groups in total. The number of carboxylic acids is 1. The van der Waals surface area contributed by atoms with Gasteiger partial charge >= 0.3 is 5.97 Å². The Morgan fingerprint density at radius 1 is 1.38 bits per heavy atom. The molecule has 5 nitrogen and oxygen atoms in total. The van der Waals surface area contributed by atoms with E-state index in [2.05, 4.69) is 15.7 Å². The van der Waals surface area contributed by atoms with E-state index in [4.69, 9.17) is 4.74 Å². The van der Waals surface area contributed by atoms with Crippen LogP contribution in [-0.4, -0.2) is 29.2 Å². The van der Waals surface area contributed by atoms with Crippen molar-refractivity contribution >= 4 is 17.3 Å². The van der Waals surface area contributed by atoms with E-state index in [0.29, 0.717) is 18.9 Å². The molecule has 1 saturated carbocycles. The molecule has 128 valence electrons. The molecule has 1 aliphatic rings. The van der Waals surface area contributed by atoms with Gasteiger partial charge in [0.1, 0.15) is 22.9 Å². The van der Waals surface area contributed by atoms with Crippen molar-refractivity contribution in [2.75, 3.05) is 13.2 Å². The van der Waals surface area contributed by atoms with Crippen molar-refractivity contribution in [2.45, 2.75) is 38.1 Å². The molecular formula is C18H22N2O3S. The number of thiazole rings is 1. The van der Waals surface area contributed by atoms with Crippen molar-refractivity contribution in [3.05, 3.63) is 45.9 Å². The van der Waals surface area contributed by atoms with Crippen molar-refractivity contribution in [1.29, 1.82) is 0 Å². The SMILES string of the molecule is Cc1csc(C2(NCCOc3ccccc3C(=O)O)CCCC2)n1. The minimum Gasteiger partial charge on any atom is -0.491 e. The number of aromatic nitrogens is 1. The summed E-state index contributed by atoms with van der Waals surface area (Å²) in [5.41, 5.74) is 1.22. The molecule has 1 aromatic heterocycles. The molecule has 2 aromatic rings. The Morgan fingerprint density at radius 3 is 2.79 bits per heavy atom. The van der Waals surface area contributed by atoms with Crippen LogP contribution in [0.2, 0.25) is 0 Å². The van der Waals surface area contributed by atoms with Crippen LogP contribution in [0.15, 0.2) is 29.6 Å². The fourth-order valence-electron chi connectivity index (χ4n) is 3.24. The van der Waals surface area contributed by atoms with E-state index < -0.39 is 5.97 Å². The van der Waals surface area contributed by atoms with Crippen LogP contribution in [0.5, 0.6) is 5.75 Å². The molecule has 0 unspecified atom stereocenters. The lowest BCUT2D eigenvalue weighted by Gasteiger charge is -2.28. The number of carboxylic acid groups (broad SMARTS) is 1. The Balaban J connectivity index is 1.60. The molecule has 0 atom stereocenters. The zero-order valence-corrected chi connectivity index (χ0v) is 14.6. The molecule has 3 rings (SSSR count). The number of nitrogens with one attached hydrogen (secondary N) is 1. The van der Waals surface area contributed by atoms with Crippen LogP contribution in [0.3, 0.4) is 0 Å². The molecule has 0 saturated heterocycles. The molecule has 0 radical (unpaired) electrons. The van der Waals surface area contributed by atoms with Crippen molar-refractivity contribution < 1.29 is 14.6 Å². The van der Waals surface area contributed by atoms with Crippen molar-refractivity contribution in [3.8, 4) is 5.75 Å². The van der Waals surface area contributed by atoms with Gasteiger partial charge in [-0.15, -0.1) is 11.3 Å². The van der Waals surface area contributed by atoms with E-state index in [-0.39, 0.29) is 11.1 Å². The van der Waals surface area contributed by atoms with Crippen molar-refractivity contribution in [3.63, 3.8) is 0 Å². The molecule has 1 aliphatic carbocycles. The second-order valence-electron chi connectivity index (χ2n) is 6.16. The average Bonchev–Trinajstić information content (AvgIpc) is 3.22. The zero-order chi connectivity index (χ0) is 17.0. The van der Waals surface area contributed by atoms with Crippen LogP contribution in [0, 0.1) is 6.92 Å². The maximum atomic E-state index is 11.2. The van der Waals surface area contributed by atoms with E-state index >= 15 is 0 Å². The lowest BCUT2D eigenvalue weighted by atomic mass is 9.98. The van der Waals surface area contributed by atoms with Gasteiger partial charge in [0.05, 0.1) is 5.54 Å². The Kier molecular flexibility index (Phi) is 5.16. The minimum atomic E-state index is -0.968. The predicted octanol–water partition coefficient (Wildman–Crippen LogP) is 3.59. The molecule has 1 heterocycles. The second-order valence-corrected chi connectivity index (χ2v) is 7.02. The summed E-state index contributed by atoms with van der Waals surface area (Å²) in [5.74, 6) is -0.554. The average molecular weight is 346 g/mol. The van der Waals surface area contributed by atoms with Gasteiger partial charge in [0.15, 0.2) is 0 Å². The first-order valence-corrected chi connectivity index (χ1v) is 9.11. The summed E-state index contributed by atoms with van der Waals surface area (Å²) in [5, 5.41) is 16.1. The van der Waals surface area contributed by atoms with Crippen LogP contribution >= 0.6 is 11.3 Å². The third-order valence-electron chi connectivity index (χ3n) is 4.43. The number of hydrogen-bond donors (Lipinski definition) is 2. The summed E-state index contributed by atoms with van der Waals surface area (Å²) >= 11 is 1.71. The lowest BCUT2D eigenvalue weighted by molar-refractivity contribution is 0.0692. The number of para-hydroxylation sites is 1. The lowest BCUT2D eigenvalue weighted by Crippen LogP contribution is -2.42. The molecule has 1 fully saturated rings. The Morgan fingerprint density at radius 2 is 2.12 bits per heavy atom. The van der Waals surface area contributed by atoms with E-state index in [1.165, 1.54) is 12.8 Å². The van der Waals surface area contributed by atoms with Gasteiger partial charge in [-0.05, 0) is 31.9 Å². The summed E-state index contributed by atoms with van der Waals surface area (Å²) < 4.78 is 5.68. The second kappa shape index (κ2) is 7.32. The maximum Gasteiger partial charge on any atom is 0.339 e. The molecule has 1 aromatic carbocycles. The van der Waals surface area contributed by atoms with E-state index in [9.17, 15) is 9.90 Å². The van der Waals surface area contributed by atoms with Gasteiger partial charge in [-0.2, -0.15) is 0 Å². The number of ether oxygens (including phenoxy) is 1. The van der Waals surface area contributed by atoms with E-state index in [1.807, 2.05) is 6.92 Å². The van der Waals surface area contributed by atoms with Crippen LogP contribution in [0.1, 0.15) is 46.7 Å². The van der Waals surface area contributed by atoms with Gasteiger partial charge in [0.2, 0.25) is 0 Å². The van der Waals surface area contributed by atoms with Gasteiger partial charge in [-0.25, -0.2) is 9.78 Å². The standard InChI is InChI=1S/C18H22N2O3S/c1-13-12-24-17(20-13)18(8-4-5-9-18)19-10-11-23-15-7-3-2-6-14(15)16(21)22/h2-3,6-7,12,19H,4-5,8-11H2,1H3,(H,21,22). The van der Waals surface area contributed by atoms with Gasteiger partial charge in [-0.3, -0.25) is 0 Å². The van der Waals surface area contributed by atoms with Gasteiger partial charge in [0, 0.05) is 17.6 Å². The van der Waals surface area contributed by atoms with Crippen LogP contribution in [-0.2, 0) is 5.54 Å². The highest BCUT2D eigenvalue weighted by Gasteiger charge is 2.37. The fourth-order valence-corrected chi connectivity index (χ4v) is 4.27. The van der Waals surface area contributed by atoms with Crippen molar-refractivity contribution in [1.82, 2.24) is 10.3 Å². The first kappa shape index (κ1) is 16.9. The summed E-state index contributed by atoms with van der Waals surface area (Å²) in [6.07, 6.45) is 4.58. The molecule has 24 heavy (non-hydrogen) atoms. The highest BCUT2D eigenvalue weighted by molar-refractivity contribution is 7.09. The molecular weight excluding hydrogens is 324 g/mol. The number of nitrogens with zero attached hydrogens (tertiary/aromatic N) is 1. The molecule has 0 bridgehead atoms. The fraction of sp³-hybridized carbons (Fsp3) is 0.444. The Labute approximate surface area is 145 Å². The van der Waals surface area contributed by atoms with E-state index in [1.54, 1.807) is 35.6 Å². The third kappa shape index (κ3) is 3.60. The highest BCUT2D eigenvalue weighted by Crippen LogP contribution is 2.39. The van der Waals surface area contributed by atoms with Gasteiger partial charge < -0.3 is 15.2 Å². The Bertz CT molecular complexity index is 708. The first-order chi connectivity index (χ1) is 11.6.